The fourth-order valence-corrected chi connectivity index (χ4v) is 2.10. The average Bonchev–Trinajstić information content (AvgIpc) is 2.33. The molecule has 2 rings (SSSR count). The van der Waals surface area contributed by atoms with Gasteiger partial charge in [-0.25, -0.2) is 0 Å². The number of carbonyl (C=O) groups is 1. The topological polar surface area (TPSA) is 29.5 Å². The van der Waals surface area contributed by atoms with Gasteiger partial charge in [-0.1, -0.05) is 11.6 Å². The van der Waals surface area contributed by atoms with E-state index in [1.165, 1.54) is 0 Å². The lowest BCUT2D eigenvalue weighted by molar-refractivity contribution is -0.0440. The Labute approximate surface area is 106 Å². The molecule has 2 atom stereocenters. The summed E-state index contributed by atoms with van der Waals surface area (Å²) in [6.07, 6.45) is 0.0833. The van der Waals surface area contributed by atoms with Crippen LogP contribution in [0.25, 0.3) is 0 Å². The van der Waals surface area contributed by atoms with Crippen LogP contribution in [0.5, 0.6) is 0 Å². The summed E-state index contributed by atoms with van der Waals surface area (Å²) >= 11 is 5.81. The molecule has 3 nitrogen and oxygen atoms in total. The minimum absolute atomic E-state index is 0.0457. The average molecular weight is 254 g/mol. The van der Waals surface area contributed by atoms with Crippen LogP contribution < -0.4 is 0 Å². The van der Waals surface area contributed by atoms with E-state index in [-0.39, 0.29) is 18.1 Å². The molecule has 0 saturated carbocycles. The van der Waals surface area contributed by atoms with Gasteiger partial charge in [-0.05, 0) is 38.1 Å². The summed E-state index contributed by atoms with van der Waals surface area (Å²) in [6.45, 7) is 5.25. The van der Waals surface area contributed by atoms with Crippen molar-refractivity contribution in [3.8, 4) is 0 Å². The molecule has 0 aromatic heterocycles. The molecular weight excluding hydrogens is 238 g/mol. The fourth-order valence-electron chi connectivity index (χ4n) is 1.98. The lowest BCUT2D eigenvalue weighted by Crippen LogP contribution is -2.51. The number of amides is 1. The molecule has 0 spiro atoms. The number of ether oxygens (including phenoxy) is 1. The number of nitrogens with zero attached hydrogens (tertiary/aromatic N) is 1. The van der Waals surface area contributed by atoms with Crippen molar-refractivity contribution in [3.05, 3.63) is 34.9 Å². The highest BCUT2D eigenvalue weighted by Crippen LogP contribution is 2.18. The van der Waals surface area contributed by atoms with Crippen molar-refractivity contribution in [2.24, 2.45) is 0 Å². The van der Waals surface area contributed by atoms with Crippen LogP contribution in [0.15, 0.2) is 24.3 Å². The monoisotopic (exact) mass is 253 g/mol. The molecule has 1 saturated heterocycles. The van der Waals surface area contributed by atoms with E-state index >= 15 is 0 Å². The molecule has 0 aliphatic carbocycles. The summed E-state index contributed by atoms with van der Waals surface area (Å²) in [5, 5.41) is 0.643. The van der Waals surface area contributed by atoms with Gasteiger partial charge in [0.25, 0.3) is 5.91 Å². The number of halogens is 1. The van der Waals surface area contributed by atoms with Crippen LogP contribution in [-0.2, 0) is 4.74 Å². The zero-order chi connectivity index (χ0) is 12.4. The Morgan fingerprint density at radius 2 is 2.00 bits per heavy atom. The van der Waals surface area contributed by atoms with Crippen molar-refractivity contribution in [1.29, 1.82) is 0 Å². The number of carbonyl (C=O) groups excluding carboxylic acids is 1. The molecule has 0 radical (unpaired) electrons. The molecule has 1 amide bonds. The Kier molecular flexibility index (Phi) is 3.69. The Morgan fingerprint density at radius 3 is 2.65 bits per heavy atom. The summed E-state index contributed by atoms with van der Waals surface area (Å²) in [7, 11) is 0. The van der Waals surface area contributed by atoms with Gasteiger partial charge in [-0.3, -0.25) is 4.79 Å². The van der Waals surface area contributed by atoms with Gasteiger partial charge < -0.3 is 9.64 Å². The van der Waals surface area contributed by atoms with Crippen LogP contribution in [0.3, 0.4) is 0 Å². The summed E-state index contributed by atoms with van der Waals surface area (Å²) in [5.41, 5.74) is 0.676. The van der Waals surface area contributed by atoms with Crippen molar-refractivity contribution >= 4 is 17.5 Å². The van der Waals surface area contributed by atoms with Crippen molar-refractivity contribution in [1.82, 2.24) is 4.90 Å². The van der Waals surface area contributed by atoms with E-state index in [9.17, 15) is 4.79 Å². The van der Waals surface area contributed by atoms with Gasteiger partial charge in [-0.15, -0.1) is 0 Å². The number of morpholine rings is 1. The number of benzene rings is 1. The minimum atomic E-state index is 0.0457. The molecular formula is C13H16ClNO2. The molecule has 0 N–H and O–H groups in total. The first kappa shape index (κ1) is 12.4. The van der Waals surface area contributed by atoms with Crippen molar-refractivity contribution in [3.63, 3.8) is 0 Å². The molecule has 92 valence electrons. The van der Waals surface area contributed by atoms with Gasteiger partial charge in [0, 0.05) is 17.1 Å². The van der Waals surface area contributed by atoms with Crippen LogP contribution in [0.2, 0.25) is 5.02 Å². The molecule has 17 heavy (non-hydrogen) atoms. The van der Waals surface area contributed by atoms with E-state index in [2.05, 4.69) is 0 Å². The highest BCUT2D eigenvalue weighted by Gasteiger charge is 2.29. The third kappa shape index (κ3) is 2.61. The van der Waals surface area contributed by atoms with Gasteiger partial charge in [0.1, 0.15) is 0 Å². The zero-order valence-electron chi connectivity index (χ0n) is 10.0. The standard InChI is InChI=1S/C13H16ClNO2/c1-9-10(2)17-8-7-15(9)13(16)11-3-5-12(14)6-4-11/h3-6,9-10H,7-8H2,1-2H3. The van der Waals surface area contributed by atoms with Gasteiger partial charge in [0.15, 0.2) is 0 Å². The number of hydrogen-bond acceptors (Lipinski definition) is 2. The van der Waals surface area contributed by atoms with E-state index in [1.54, 1.807) is 24.3 Å². The molecule has 4 heteroatoms. The van der Waals surface area contributed by atoms with E-state index in [0.717, 1.165) is 0 Å². The Balaban J connectivity index is 2.16. The lowest BCUT2D eigenvalue weighted by Gasteiger charge is -2.37. The molecule has 2 unspecified atom stereocenters. The Hall–Kier alpha value is -1.06. The van der Waals surface area contributed by atoms with Crippen LogP contribution in [0, 0.1) is 0 Å². The second-order valence-electron chi connectivity index (χ2n) is 4.32. The maximum atomic E-state index is 12.3. The highest BCUT2D eigenvalue weighted by molar-refractivity contribution is 6.30. The van der Waals surface area contributed by atoms with Crippen molar-refractivity contribution in [2.45, 2.75) is 26.0 Å². The lowest BCUT2D eigenvalue weighted by atomic mass is 10.1. The van der Waals surface area contributed by atoms with Crippen LogP contribution >= 0.6 is 11.6 Å². The maximum Gasteiger partial charge on any atom is 0.254 e. The van der Waals surface area contributed by atoms with Crippen LogP contribution in [0.1, 0.15) is 24.2 Å². The third-order valence-corrected chi connectivity index (χ3v) is 3.49. The molecule has 1 aliphatic heterocycles. The molecule has 1 aromatic carbocycles. The Bertz CT molecular complexity index is 404. The first-order valence-corrected chi connectivity index (χ1v) is 6.15. The largest absolute Gasteiger partial charge is 0.375 e. The molecule has 1 fully saturated rings. The normalized spacial score (nSPS) is 24.8. The maximum absolute atomic E-state index is 12.3. The molecule has 1 aliphatic rings. The predicted molar refractivity (Wildman–Crippen MR) is 67.4 cm³/mol. The number of rotatable bonds is 1. The summed E-state index contributed by atoms with van der Waals surface area (Å²) in [6, 6.07) is 7.11. The van der Waals surface area contributed by atoms with Crippen molar-refractivity contribution < 1.29 is 9.53 Å². The van der Waals surface area contributed by atoms with Crippen molar-refractivity contribution in [2.75, 3.05) is 13.2 Å². The van der Waals surface area contributed by atoms with E-state index in [1.807, 2.05) is 18.7 Å². The van der Waals surface area contributed by atoms with E-state index in [0.29, 0.717) is 23.7 Å². The van der Waals surface area contributed by atoms with Crippen LogP contribution in [0.4, 0.5) is 0 Å². The second-order valence-corrected chi connectivity index (χ2v) is 4.76. The molecule has 1 heterocycles. The van der Waals surface area contributed by atoms with Gasteiger partial charge in [0.2, 0.25) is 0 Å². The smallest absolute Gasteiger partial charge is 0.254 e. The zero-order valence-corrected chi connectivity index (χ0v) is 10.8. The molecule has 1 aromatic rings. The summed E-state index contributed by atoms with van der Waals surface area (Å²) < 4.78 is 5.51. The van der Waals surface area contributed by atoms with Crippen LogP contribution in [-0.4, -0.2) is 36.1 Å². The third-order valence-electron chi connectivity index (χ3n) is 3.24. The number of hydrogen-bond donors (Lipinski definition) is 0. The SMILES string of the molecule is CC1OCCN(C(=O)c2ccc(Cl)cc2)C1C. The summed E-state index contributed by atoms with van der Waals surface area (Å²) in [5.74, 6) is 0.0457. The van der Waals surface area contributed by atoms with Gasteiger partial charge in [-0.2, -0.15) is 0 Å². The predicted octanol–water partition coefficient (Wildman–Crippen LogP) is 2.59. The van der Waals surface area contributed by atoms with E-state index < -0.39 is 0 Å². The quantitative estimate of drug-likeness (QED) is 0.770. The fraction of sp³-hybridized carbons (Fsp3) is 0.462. The van der Waals surface area contributed by atoms with Gasteiger partial charge >= 0.3 is 0 Å². The highest BCUT2D eigenvalue weighted by atomic mass is 35.5. The second kappa shape index (κ2) is 5.07. The van der Waals surface area contributed by atoms with Gasteiger partial charge in [0.05, 0.1) is 18.8 Å². The molecule has 0 bridgehead atoms. The first-order valence-electron chi connectivity index (χ1n) is 5.77. The minimum Gasteiger partial charge on any atom is -0.375 e. The van der Waals surface area contributed by atoms with E-state index in [4.69, 9.17) is 16.3 Å². The first-order chi connectivity index (χ1) is 8.09. The summed E-state index contributed by atoms with van der Waals surface area (Å²) in [4.78, 5) is 14.2. The Morgan fingerprint density at radius 1 is 1.35 bits per heavy atom.